The van der Waals surface area contributed by atoms with Crippen molar-refractivity contribution in [1.29, 1.82) is 0 Å². The van der Waals surface area contributed by atoms with E-state index in [-0.39, 0.29) is 31.0 Å². The number of rotatable bonds is 3. The summed E-state index contributed by atoms with van der Waals surface area (Å²) in [4.78, 5) is 25.2. The molecule has 1 fully saturated rings. The number of carbonyl (C=O) groups is 2. The third kappa shape index (κ3) is 4.06. The van der Waals surface area contributed by atoms with Crippen molar-refractivity contribution in [2.45, 2.75) is 12.0 Å². The number of likely N-dealkylation sites (tertiary alicyclic amines) is 1. The second kappa shape index (κ2) is 7.74. The van der Waals surface area contributed by atoms with E-state index in [1.54, 1.807) is 42.5 Å². The molecule has 136 valence electrons. The number of nitrogens with one attached hydrogen (secondary N) is 1. The van der Waals surface area contributed by atoms with Gasteiger partial charge in [0.15, 0.2) is 0 Å². The first-order valence-corrected chi connectivity index (χ1v) is 8.98. The van der Waals surface area contributed by atoms with Crippen LogP contribution in [0.2, 0.25) is 15.1 Å². The van der Waals surface area contributed by atoms with Crippen molar-refractivity contribution in [3.63, 3.8) is 0 Å². The summed E-state index contributed by atoms with van der Waals surface area (Å²) in [5.41, 5.74) is 1.28. The van der Waals surface area contributed by atoms with Gasteiger partial charge in [0.1, 0.15) is 0 Å². The Morgan fingerprint density at radius 1 is 1.00 bits per heavy atom. The molecule has 3 rings (SSSR count). The van der Waals surface area contributed by atoms with Crippen LogP contribution in [0, 0.1) is 0 Å². The molecular formula is C18H15Cl3N2O3. The normalized spacial score (nSPS) is 19.4. The Balaban J connectivity index is 1.84. The molecule has 5 nitrogen and oxygen atoms in total. The smallest absolute Gasteiger partial charge is 0.407 e. The first-order valence-electron chi connectivity index (χ1n) is 7.84. The van der Waals surface area contributed by atoms with Gasteiger partial charge in [0.05, 0.1) is 16.1 Å². The molecule has 0 radical (unpaired) electrons. The van der Waals surface area contributed by atoms with E-state index in [1.165, 1.54) is 4.90 Å². The Kier molecular flexibility index (Phi) is 5.61. The van der Waals surface area contributed by atoms with Crippen LogP contribution in [0.4, 0.5) is 4.79 Å². The standard InChI is InChI=1S/C18H15Cl3N2O3/c19-12-4-1-10(2-5-12)17(24)22-16-9-23(18(25)26)8-13(16)11-3-6-14(20)15(21)7-11/h1-7,13,16H,8-9H2,(H,22,24)(H,25,26)/t13-,16+/m0/s1. The van der Waals surface area contributed by atoms with Gasteiger partial charge < -0.3 is 15.3 Å². The summed E-state index contributed by atoms with van der Waals surface area (Å²) in [6, 6.07) is 11.3. The van der Waals surface area contributed by atoms with Crippen molar-refractivity contribution in [2.24, 2.45) is 0 Å². The second-order valence-corrected chi connectivity index (χ2v) is 7.31. The maximum Gasteiger partial charge on any atom is 0.407 e. The van der Waals surface area contributed by atoms with Gasteiger partial charge in [-0.25, -0.2) is 4.79 Å². The average Bonchev–Trinajstić information content (AvgIpc) is 3.02. The van der Waals surface area contributed by atoms with Crippen LogP contribution in [0.1, 0.15) is 21.8 Å². The molecule has 1 heterocycles. The zero-order chi connectivity index (χ0) is 18.8. The highest BCUT2D eigenvalue weighted by Crippen LogP contribution is 2.32. The lowest BCUT2D eigenvalue weighted by Gasteiger charge is -2.20. The number of amides is 2. The third-order valence-electron chi connectivity index (χ3n) is 4.39. The molecular weight excluding hydrogens is 399 g/mol. The number of nitrogens with zero attached hydrogens (tertiary/aromatic N) is 1. The summed E-state index contributed by atoms with van der Waals surface area (Å²) in [6.45, 7) is 0.457. The predicted molar refractivity (Wildman–Crippen MR) is 102 cm³/mol. The summed E-state index contributed by atoms with van der Waals surface area (Å²) >= 11 is 17.9. The molecule has 0 spiro atoms. The molecule has 2 aromatic rings. The van der Waals surface area contributed by atoms with E-state index >= 15 is 0 Å². The molecule has 0 aliphatic carbocycles. The van der Waals surface area contributed by atoms with Crippen LogP contribution in [0.25, 0.3) is 0 Å². The van der Waals surface area contributed by atoms with Crippen molar-refractivity contribution >= 4 is 46.8 Å². The number of benzene rings is 2. The van der Waals surface area contributed by atoms with E-state index < -0.39 is 6.09 Å². The predicted octanol–water partition coefficient (Wildman–Crippen LogP) is 4.52. The summed E-state index contributed by atoms with van der Waals surface area (Å²) in [6.07, 6.45) is -1.03. The largest absolute Gasteiger partial charge is 0.465 e. The highest BCUT2D eigenvalue weighted by atomic mass is 35.5. The Morgan fingerprint density at radius 2 is 1.69 bits per heavy atom. The van der Waals surface area contributed by atoms with Crippen LogP contribution >= 0.6 is 34.8 Å². The Labute approximate surface area is 165 Å². The van der Waals surface area contributed by atoms with Crippen molar-refractivity contribution in [1.82, 2.24) is 10.2 Å². The number of carbonyl (C=O) groups excluding carboxylic acids is 1. The highest BCUT2D eigenvalue weighted by Gasteiger charge is 2.37. The fourth-order valence-electron chi connectivity index (χ4n) is 3.04. The summed E-state index contributed by atoms with van der Waals surface area (Å²) in [7, 11) is 0. The van der Waals surface area contributed by atoms with E-state index in [1.807, 2.05) is 0 Å². The van der Waals surface area contributed by atoms with E-state index in [0.29, 0.717) is 20.6 Å². The number of hydrogen-bond acceptors (Lipinski definition) is 2. The lowest BCUT2D eigenvalue weighted by atomic mass is 9.94. The second-order valence-electron chi connectivity index (χ2n) is 6.05. The van der Waals surface area contributed by atoms with Crippen molar-refractivity contribution in [3.05, 3.63) is 68.7 Å². The van der Waals surface area contributed by atoms with E-state index in [0.717, 1.165) is 5.56 Å². The zero-order valence-electron chi connectivity index (χ0n) is 13.5. The van der Waals surface area contributed by atoms with Crippen LogP contribution in [0.3, 0.4) is 0 Å². The Morgan fingerprint density at radius 3 is 2.31 bits per heavy atom. The van der Waals surface area contributed by atoms with Gasteiger partial charge in [-0.1, -0.05) is 40.9 Å². The number of carboxylic acid groups (broad SMARTS) is 1. The van der Waals surface area contributed by atoms with Crippen LogP contribution < -0.4 is 5.32 Å². The Hall–Kier alpha value is -1.95. The van der Waals surface area contributed by atoms with Crippen LogP contribution in [0.15, 0.2) is 42.5 Å². The van der Waals surface area contributed by atoms with Gasteiger partial charge in [-0.2, -0.15) is 0 Å². The van der Waals surface area contributed by atoms with Gasteiger partial charge in [0, 0.05) is 29.6 Å². The fourth-order valence-corrected chi connectivity index (χ4v) is 3.47. The van der Waals surface area contributed by atoms with E-state index in [2.05, 4.69) is 5.32 Å². The lowest BCUT2D eigenvalue weighted by Crippen LogP contribution is -2.40. The molecule has 1 aliphatic heterocycles. The summed E-state index contributed by atoms with van der Waals surface area (Å²) < 4.78 is 0. The molecule has 2 aromatic carbocycles. The minimum atomic E-state index is -1.03. The van der Waals surface area contributed by atoms with E-state index in [4.69, 9.17) is 34.8 Å². The van der Waals surface area contributed by atoms with Crippen molar-refractivity contribution in [2.75, 3.05) is 13.1 Å². The quantitative estimate of drug-likeness (QED) is 0.777. The maximum absolute atomic E-state index is 12.5. The van der Waals surface area contributed by atoms with Gasteiger partial charge >= 0.3 is 6.09 Å². The topological polar surface area (TPSA) is 69.6 Å². The maximum atomic E-state index is 12.5. The van der Waals surface area contributed by atoms with Gasteiger partial charge in [-0.05, 0) is 42.0 Å². The van der Waals surface area contributed by atoms with E-state index in [9.17, 15) is 14.7 Å². The molecule has 0 bridgehead atoms. The molecule has 26 heavy (non-hydrogen) atoms. The van der Waals surface area contributed by atoms with Crippen LogP contribution in [0.5, 0.6) is 0 Å². The monoisotopic (exact) mass is 412 g/mol. The molecule has 0 saturated carbocycles. The number of halogens is 3. The zero-order valence-corrected chi connectivity index (χ0v) is 15.7. The first kappa shape index (κ1) is 18.8. The molecule has 8 heteroatoms. The minimum Gasteiger partial charge on any atom is -0.465 e. The molecule has 2 atom stereocenters. The summed E-state index contributed by atoms with van der Waals surface area (Å²) in [5.74, 6) is -0.513. The van der Waals surface area contributed by atoms with Gasteiger partial charge in [-0.3, -0.25) is 4.79 Å². The van der Waals surface area contributed by atoms with Gasteiger partial charge in [0.25, 0.3) is 5.91 Å². The SMILES string of the molecule is O=C(N[C@@H]1CN(C(=O)O)C[C@H]1c1ccc(Cl)c(Cl)c1)c1ccc(Cl)cc1. The molecule has 1 aliphatic rings. The molecule has 2 amide bonds. The van der Waals surface area contributed by atoms with Crippen LogP contribution in [-0.2, 0) is 0 Å². The van der Waals surface area contributed by atoms with Crippen LogP contribution in [-0.4, -0.2) is 41.1 Å². The lowest BCUT2D eigenvalue weighted by molar-refractivity contribution is 0.0933. The first-order chi connectivity index (χ1) is 12.3. The fraction of sp³-hybridized carbons (Fsp3) is 0.222. The Bertz CT molecular complexity index is 842. The number of hydrogen-bond donors (Lipinski definition) is 2. The molecule has 0 unspecified atom stereocenters. The third-order valence-corrected chi connectivity index (χ3v) is 5.38. The minimum absolute atomic E-state index is 0.194. The van der Waals surface area contributed by atoms with Crippen molar-refractivity contribution in [3.8, 4) is 0 Å². The molecule has 0 aromatic heterocycles. The molecule has 2 N–H and O–H groups in total. The summed E-state index contributed by atoms with van der Waals surface area (Å²) in [5, 5.41) is 13.6. The van der Waals surface area contributed by atoms with Gasteiger partial charge in [-0.15, -0.1) is 0 Å². The molecule has 1 saturated heterocycles. The highest BCUT2D eigenvalue weighted by molar-refractivity contribution is 6.42. The average molecular weight is 414 g/mol. The van der Waals surface area contributed by atoms with Gasteiger partial charge in [0.2, 0.25) is 0 Å². The van der Waals surface area contributed by atoms with Crippen molar-refractivity contribution < 1.29 is 14.7 Å².